The molecule has 0 bridgehead atoms. The summed E-state index contributed by atoms with van der Waals surface area (Å²) in [5, 5.41) is 36.9. The van der Waals surface area contributed by atoms with Crippen LogP contribution in [0.4, 0.5) is 5.69 Å². The lowest BCUT2D eigenvalue weighted by molar-refractivity contribution is 0.126. The third-order valence-corrected chi connectivity index (χ3v) is 6.48. The summed E-state index contributed by atoms with van der Waals surface area (Å²) in [6, 6.07) is 12.0. The minimum atomic E-state index is -0.923. The Hall–Kier alpha value is -1.88. The highest BCUT2D eigenvalue weighted by atomic mass is 127. The van der Waals surface area contributed by atoms with Crippen molar-refractivity contribution >= 4 is 28.3 Å². The van der Waals surface area contributed by atoms with Crippen LogP contribution < -0.4 is 5.32 Å². The van der Waals surface area contributed by atoms with E-state index in [2.05, 4.69) is 39.6 Å². The van der Waals surface area contributed by atoms with Gasteiger partial charge in [-0.2, -0.15) is 0 Å². The van der Waals surface area contributed by atoms with Gasteiger partial charge in [-0.15, -0.1) is 0 Å². The number of aryl methyl sites for hydroxylation is 1. The van der Waals surface area contributed by atoms with Gasteiger partial charge in [0.05, 0.1) is 18.4 Å². The molecule has 0 saturated heterocycles. The molecule has 0 aliphatic rings. The number of ether oxygens (including phenoxy) is 1. The number of unbranched alkanes of at least 4 members (excludes halogenated alkanes) is 4. The number of hydrogen-bond acceptors (Lipinski definition) is 6. The molecule has 1 unspecified atom stereocenters. The predicted molar refractivity (Wildman–Crippen MR) is 142 cm³/mol. The number of nitrogens with zero attached hydrogens (tertiary/aromatic N) is 3. The van der Waals surface area contributed by atoms with E-state index in [1.165, 1.54) is 11.6 Å². The van der Waals surface area contributed by atoms with Crippen molar-refractivity contribution in [1.29, 1.82) is 0 Å². The first-order valence-corrected chi connectivity index (χ1v) is 12.9. The molecular formula is C25H35IN4O4. The van der Waals surface area contributed by atoms with E-state index in [-0.39, 0.29) is 23.5 Å². The number of aliphatic hydroxyl groups is 2. The predicted octanol–water partition coefficient (Wildman–Crippen LogP) is 5.65. The maximum Gasteiger partial charge on any atom is 0.122 e. The summed E-state index contributed by atoms with van der Waals surface area (Å²) in [5.41, 5.74) is 10.8. The Morgan fingerprint density at radius 3 is 2.47 bits per heavy atom. The van der Waals surface area contributed by atoms with E-state index in [4.69, 9.17) is 10.3 Å². The molecule has 4 N–H and O–H groups in total. The highest BCUT2D eigenvalue weighted by Crippen LogP contribution is 2.39. The van der Waals surface area contributed by atoms with Crippen LogP contribution in [0.2, 0.25) is 0 Å². The number of aliphatic hydroxyl groups excluding tert-OH is 2. The molecule has 9 heteroatoms. The molecular weight excluding hydrogens is 547 g/mol. The molecule has 0 aliphatic heterocycles. The van der Waals surface area contributed by atoms with Crippen LogP contribution >= 0.6 is 22.6 Å². The minimum absolute atomic E-state index is 0.0868. The van der Waals surface area contributed by atoms with Crippen LogP contribution in [0, 0.1) is 3.57 Å². The Morgan fingerprint density at radius 2 is 1.76 bits per heavy atom. The summed E-state index contributed by atoms with van der Waals surface area (Å²) in [5.74, 6) is -0.158. The number of phenols is 1. The van der Waals surface area contributed by atoms with Gasteiger partial charge in [0, 0.05) is 39.4 Å². The van der Waals surface area contributed by atoms with Crippen LogP contribution in [0.5, 0.6) is 5.75 Å². The van der Waals surface area contributed by atoms with E-state index in [9.17, 15) is 15.3 Å². The smallest absolute Gasteiger partial charge is 0.122 e. The molecule has 8 nitrogen and oxygen atoms in total. The number of azide groups is 1. The SMILES string of the molecule is [N-]=[N+]=Nc1c(CO)c(O)cc(I)c1C(O)CNCCCCCCOCCCCc1ccccc1. The second-order valence-corrected chi connectivity index (χ2v) is 9.32. The van der Waals surface area contributed by atoms with Gasteiger partial charge in [0.1, 0.15) is 5.75 Å². The highest BCUT2D eigenvalue weighted by molar-refractivity contribution is 14.1. The van der Waals surface area contributed by atoms with Gasteiger partial charge in [0.25, 0.3) is 0 Å². The van der Waals surface area contributed by atoms with E-state index in [1.54, 1.807) is 0 Å². The average Bonchev–Trinajstić information content (AvgIpc) is 2.83. The quantitative estimate of drug-likeness (QED) is 0.0629. The fourth-order valence-corrected chi connectivity index (χ4v) is 4.65. The monoisotopic (exact) mass is 582 g/mol. The minimum Gasteiger partial charge on any atom is -0.508 e. The fraction of sp³-hybridized carbons (Fsp3) is 0.520. The average molecular weight is 582 g/mol. The fourth-order valence-electron chi connectivity index (χ4n) is 3.74. The lowest BCUT2D eigenvalue weighted by atomic mass is 10.0. The maximum absolute atomic E-state index is 10.6. The van der Waals surface area contributed by atoms with Gasteiger partial charge in [-0.1, -0.05) is 48.3 Å². The van der Waals surface area contributed by atoms with Crippen molar-refractivity contribution in [3.63, 3.8) is 0 Å². The largest absolute Gasteiger partial charge is 0.508 e. The van der Waals surface area contributed by atoms with Gasteiger partial charge in [0.2, 0.25) is 0 Å². The van der Waals surface area contributed by atoms with Crippen LogP contribution in [-0.4, -0.2) is 41.6 Å². The van der Waals surface area contributed by atoms with Gasteiger partial charge in [-0.25, -0.2) is 0 Å². The van der Waals surface area contributed by atoms with Crippen LogP contribution in [0.15, 0.2) is 41.5 Å². The molecule has 186 valence electrons. The Kier molecular flexibility index (Phi) is 13.9. The van der Waals surface area contributed by atoms with Crippen molar-refractivity contribution < 1.29 is 20.1 Å². The molecule has 0 heterocycles. The van der Waals surface area contributed by atoms with E-state index in [0.717, 1.165) is 64.7 Å². The summed E-state index contributed by atoms with van der Waals surface area (Å²) in [6.45, 7) is 2.17. The molecule has 0 saturated carbocycles. The standard InChI is InChI=1S/C25H35IN4O4/c26-21-16-22(32)20(18-31)25(29-30-27)24(21)23(33)17-28-13-7-1-2-8-14-34-15-9-6-12-19-10-4-3-5-11-19/h3-5,10-11,16,23,28,31-33H,1-2,6-9,12-15,17-18H2. The zero-order valence-corrected chi connectivity index (χ0v) is 21.7. The van der Waals surface area contributed by atoms with Crippen molar-refractivity contribution in [1.82, 2.24) is 5.32 Å². The second kappa shape index (κ2) is 16.7. The molecule has 0 spiro atoms. The van der Waals surface area contributed by atoms with Gasteiger partial charge >= 0.3 is 0 Å². The van der Waals surface area contributed by atoms with E-state index in [0.29, 0.717) is 9.13 Å². The van der Waals surface area contributed by atoms with Gasteiger partial charge in [-0.3, -0.25) is 0 Å². The van der Waals surface area contributed by atoms with E-state index >= 15 is 0 Å². The zero-order valence-electron chi connectivity index (χ0n) is 19.5. The first kappa shape index (κ1) is 28.4. The lowest BCUT2D eigenvalue weighted by Gasteiger charge is -2.19. The van der Waals surface area contributed by atoms with Gasteiger partial charge in [-0.05, 0) is 78.4 Å². The molecule has 0 fully saturated rings. The number of hydrogen-bond donors (Lipinski definition) is 4. The molecule has 0 aromatic heterocycles. The van der Waals surface area contributed by atoms with Crippen molar-refractivity contribution in [2.75, 3.05) is 26.3 Å². The molecule has 0 radical (unpaired) electrons. The first-order valence-electron chi connectivity index (χ1n) is 11.8. The van der Waals surface area contributed by atoms with Crippen molar-refractivity contribution in [3.8, 4) is 5.75 Å². The van der Waals surface area contributed by atoms with Crippen molar-refractivity contribution in [2.45, 2.75) is 57.7 Å². The van der Waals surface area contributed by atoms with Crippen LogP contribution in [0.25, 0.3) is 10.4 Å². The molecule has 0 aliphatic carbocycles. The Morgan fingerprint density at radius 1 is 1.06 bits per heavy atom. The topological polar surface area (TPSA) is 131 Å². The van der Waals surface area contributed by atoms with Crippen molar-refractivity contribution in [3.05, 3.63) is 67.1 Å². The maximum atomic E-state index is 10.6. The lowest BCUT2D eigenvalue weighted by Crippen LogP contribution is -2.23. The first-order chi connectivity index (χ1) is 16.6. The van der Waals surface area contributed by atoms with Crippen LogP contribution in [-0.2, 0) is 17.8 Å². The number of nitrogens with one attached hydrogen (secondary N) is 1. The molecule has 2 rings (SSSR count). The van der Waals surface area contributed by atoms with Crippen molar-refractivity contribution in [2.24, 2.45) is 5.11 Å². The summed E-state index contributed by atoms with van der Waals surface area (Å²) in [4.78, 5) is 2.78. The third kappa shape index (κ3) is 9.77. The van der Waals surface area contributed by atoms with E-state index < -0.39 is 12.7 Å². The molecule has 34 heavy (non-hydrogen) atoms. The number of aromatic hydroxyl groups is 1. The zero-order chi connectivity index (χ0) is 24.6. The summed E-state index contributed by atoms with van der Waals surface area (Å²) in [7, 11) is 0. The Balaban J connectivity index is 1.55. The van der Waals surface area contributed by atoms with Crippen LogP contribution in [0.3, 0.4) is 0 Å². The Bertz CT molecular complexity index is 908. The van der Waals surface area contributed by atoms with Gasteiger partial charge in [0.15, 0.2) is 0 Å². The third-order valence-electron chi connectivity index (χ3n) is 5.58. The molecule has 0 amide bonds. The Labute approximate surface area is 215 Å². The molecule has 2 aromatic carbocycles. The number of halogens is 1. The highest BCUT2D eigenvalue weighted by Gasteiger charge is 2.21. The van der Waals surface area contributed by atoms with Crippen LogP contribution in [0.1, 0.15) is 61.3 Å². The summed E-state index contributed by atoms with van der Waals surface area (Å²) >= 11 is 1.97. The summed E-state index contributed by atoms with van der Waals surface area (Å²) in [6.07, 6.45) is 6.63. The molecule has 2 aromatic rings. The number of rotatable bonds is 17. The summed E-state index contributed by atoms with van der Waals surface area (Å²) < 4.78 is 6.30. The van der Waals surface area contributed by atoms with Gasteiger partial charge < -0.3 is 25.4 Å². The van der Waals surface area contributed by atoms with E-state index in [1.807, 2.05) is 28.7 Å². The molecule has 1 atom stereocenters. The normalized spacial score (nSPS) is 11.9. The number of benzene rings is 2. The second-order valence-electron chi connectivity index (χ2n) is 8.16.